The molecule has 0 nitrogen and oxygen atoms in total. The quantitative estimate of drug-likeness (QED) is 0.331. The van der Waals surface area contributed by atoms with Gasteiger partial charge in [-0.2, -0.15) is 0 Å². The van der Waals surface area contributed by atoms with E-state index in [2.05, 4.69) is 12.7 Å². The maximum atomic E-state index is 3.76. The Kier molecular flexibility index (Phi) is 5.14. The zero-order valence-corrected chi connectivity index (χ0v) is 8.23. The maximum absolute atomic E-state index is 3.76. The molecule has 1 saturated carbocycles. The van der Waals surface area contributed by atoms with Crippen LogP contribution in [-0.4, -0.2) is 0 Å². The molecule has 0 bridgehead atoms. The van der Waals surface area contributed by atoms with Gasteiger partial charge in [-0.3, -0.25) is 0 Å². The number of unbranched alkanes of at least 4 members (excludes halogenated alkanes) is 1. The predicted molar refractivity (Wildman–Crippen MR) is 55.2 cm³/mol. The van der Waals surface area contributed by atoms with Crippen LogP contribution >= 0.6 is 0 Å². The third-order valence-electron chi connectivity index (χ3n) is 3.00. The molecular formula is C12H22. The number of hydrogen-bond acceptors (Lipinski definition) is 0. The van der Waals surface area contributed by atoms with Crippen molar-refractivity contribution < 1.29 is 0 Å². The minimum absolute atomic E-state index is 1.05. The van der Waals surface area contributed by atoms with Gasteiger partial charge < -0.3 is 0 Å². The molecule has 0 heterocycles. The van der Waals surface area contributed by atoms with E-state index in [1.54, 1.807) is 0 Å². The van der Waals surface area contributed by atoms with E-state index >= 15 is 0 Å². The fourth-order valence-electron chi connectivity index (χ4n) is 2.20. The standard InChI is InChI=1S/C12H22/c1-2-3-6-9-12-10-7-4-5-8-11-12/h2,12H,1,3-11H2. The molecule has 0 aromatic rings. The SMILES string of the molecule is C=CCCCC1CCCCCC1. The van der Waals surface area contributed by atoms with Crippen molar-refractivity contribution in [1.29, 1.82) is 0 Å². The van der Waals surface area contributed by atoms with Gasteiger partial charge in [-0.25, -0.2) is 0 Å². The number of rotatable bonds is 4. The fourth-order valence-corrected chi connectivity index (χ4v) is 2.20. The lowest BCUT2D eigenvalue weighted by molar-refractivity contribution is 0.417. The van der Waals surface area contributed by atoms with Crippen LogP contribution in [0.2, 0.25) is 0 Å². The van der Waals surface area contributed by atoms with Crippen molar-refractivity contribution in [2.24, 2.45) is 5.92 Å². The molecule has 0 heteroatoms. The highest BCUT2D eigenvalue weighted by atomic mass is 14.2. The second-order valence-corrected chi connectivity index (χ2v) is 4.08. The monoisotopic (exact) mass is 166 g/mol. The van der Waals surface area contributed by atoms with Crippen LogP contribution in [0.3, 0.4) is 0 Å². The van der Waals surface area contributed by atoms with Crippen LogP contribution in [0.5, 0.6) is 0 Å². The van der Waals surface area contributed by atoms with E-state index in [-0.39, 0.29) is 0 Å². The zero-order valence-electron chi connectivity index (χ0n) is 8.23. The van der Waals surface area contributed by atoms with E-state index in [1.807, 2.05) is 0 Å². The first-order chi connectivity index (χ1) is 5.93. The van der Waals surface area contributed by atoms with E-state index < -0.39 is 0 Å². The molecule has 12 heavy (non-hydrogen) atoms. The smallest absolute Gasteiger partial charge is 0.0353 e. The van der Waals surface area contributed by atoms with Crippen LogP contribution < -0.4 is 0 Å². The molecule has 0 aromatic heterocycles. The van der Waals surface area contributed by atoms with Crippen LogP contribution in [0.1, 0.15) is 57.8 Å². The molecule has 0 unspecified atom stereocenters. The molecule has 1 aliphatic rings. The molecule has 1 fully saturated rings. The average molecular weight is 166 g/mol. The summed E-state index contributed by atoms with van der Waals surface area (Å²) in [5.41, 5.74) is 0. The summed E-state index contributed by atoms with van der Waals surface area (Å²) in [5, 5.41) is 0. The highest BCUT2D eigenvalue weighted by Gasteiger charge is 2.10. The predicted octanol–water partition coefficient (Wildman–Crippen LogP) is 4.31. The van der Waals surface area contributed by atoms with Gasteiger partial charge >= 0.3 is 0 Å². The first-order valence-electron chi connectivity index (χ1n) is 5.54. The lowest BCUT2D eigenvalue weighted by Crippen LogP contribution is -1.97. The van der Waals surface area contributed by atoms with Gasteiger partial charge in [0.25, 0.3) is 0 Å². The normalized spacial score (nSPS) is 20.3. The lowest BCUT2D eigenvalue weighted by atomic mass is 9.94. The number of allylic oxidation sites excluding steroid dienone is 1. The summed E-state index contributed by atoms with van der Waals surface area (Å²) >= 11 is 0. The van der Waals surface area contributed by atoms with Crippen LogP contribution in [0.15, 0.2) is 12.7 Å². The maximum Gasteiger partial charge on any atom is -0.0353 e. The largest absolute Gasteiger partial charge is 0.103 e. The second-order valence-electron chi connectivity index (χ2n) is 4.08. The van der Waals surface area contributed by atoms with E-state index in [0.29, 0.717) is 0 Å². The molecule has 0 amide bonds. The zero-order chi connectivity index (χ0) is 8.65. The first-order valence-corrected chi connectivity index (χ1v) is 5.54. The lowest BCUT2D eigenvalue weighted by Gasteiger charge is -2.12. The van der Waals surface area contributed by atoms with Crippen molar-refractivity contribution in [3.05, 3.63) is 12.7 Å². The first kappa shape index (κ1) is 9.83. The van der Waals surface area contributed by atoms with Crippen LogP contribution in [0, 0.1) is 5.92 Å². The molecule has 0 aromatic carbocycles. The summed E-state index contributed by atoms with van der Waals surface area (Å²) in [7, 11) is 0. The van der Waals surface area contributed by atoms with Gasteiger partial charge in [0.15, 0.2) is 0 Å². The van der Waals surface area contributed by atoms with Crippen molar-refractivity contribution in [1.82, 2.24) is 0 Å². The Morgan fingerprint density at radius 2 is 1.75 bits per heavy atom. The van der Waals surface area contributed by atoms with E-state index in [4.69, 9.17) is 0 Å². The molecule has 0 atom stereocenters. The molecule has 1 aliphatic carbocycles. The van der Waals surface area contributed by atoms with Crippen molar-refractivity contribution in [2.45, 2.75) is 57.8 Å². The summed E-state index contributed by atoms with van der Waals surface area (Å²) in [4.78, 5) is 0. The molecule has 0 spiro atoms. The summed E-state index contributed by atoms with van der Waals surface area (Å²) in [6, 6.07) is 0. The summed E-state index contributed by atoms with van der Waals surface area (Å²) in [6.45, 7) is 3.76. The Morgan fingerprint density at radius 3 is 2.33 bits per heavy atom. The minimum atomic E-state index is 1.05. The Hall–Kier alpha value is -0.260. The molecular weight excluding hydrogens is 144 g/mol. The van der Waals surface area contributed by atoms with Crippen molar-refractivity contribution in [3.8, 4) is 0 Å². The van der Waals surface area contributed by atoms with Crippen LogP contribution in [-0.2, 0) is 0 Å². The molecule has 70 valence electrons. The number of hydrogen-bond donors (Lipinski definition) is 0. The fraction of sp³-hybridized carbons (Fsp3) is 0.833. The second kappa shape index (κ2) is 6.28. The third-order valence-corrected chi connectivity index (χ3v) is 3.00. The Bertz CT molecular complexity index is 107. The minimum Gasteiger partial charge on any atom is -0.103 e. The van der Waals surface area contributed by atoms with Gasteiger partial charge in [0.05, 0.1) is 0 Å². The highest BCUT2D eigenvalue weighted by molar-refractivity contribution is 4.69. The molecule has 0 N–H and O–H groups in total. The van der Waals surface area contributed by atoms with Gasteiger partial charge in [0.2, 0.25) is 0 Å². The topological polar surface area (TPSA) is 0 Å². The molecule has 0 radical (unpaired) electrons. The summed E-state index contributed by atoms with van der Waals surface area (Å²) in [6.07, 6.45) is 15.0. The van der Waals surface area contributed by atoms with Crippen molar-refractivity contribution >= 4 is 0 Å². The van der Waals surface area contributed by atoms with Crippen molar-refractivity contribution in [3.63, 3.8) is 0 Å². The van der Waals surface area contributed by atoms with Crippen LogP contribution in [0.4, 0.5) is 0 Å². The van der Waals surface area contributed by atoms with Crippen LogP contribution in [0.25, 0.3) is 0 Å². The molecule has 0 saturated heterocycles. The van der Waals surface area contributed by atoms with E-state index in [0.717, 1.165) is 5.92 Å². The van der Waals surface area contributed by atoms with E-state index in [1.165, 1.54) is 57.8 Å². The van der Waals surface area contributed by atoms with Gasteiger partial charge in [-0.05, 0) is 18.8 Å². The Balaban J connectivity index is 2.07. The Labute approximate surface area is 77.1 Å². The average Bonchev–Trinajstić information content (AvgIpc) is 2.33. The third kappa shape index (κ3) is 3.94. The van der Waals surface area contributed by atoms with Gasteiger partial charge in [-0.15, -0.1) is 6.58 Å². The van der Waals surface area contributed by atoms with E-state index in [9.17, 15) is 0 Å². The summed E-state index contributed by atoms with van der Waals surface area (Å²) in [5.74, 6) is 1.05. The van der Waals surface area contributed by atoms with Crippen molar-refractivity contribution in [2.75, 3.05) is 0 Å². The molecule has 1 rings (SSSR count). The Morgan fingerprint density at radius 1 is 1.08 bits per heavy atom. The summed E-state index contributed by atoms with van der Waals surface area (Å²) < 4.78 is 0. The van der Waals surface area contributed by atoms with Gasteiger partial charge in [0, 0.05) is 0 Å². The molecule has 0 aliphatic heterocycles. The van der Waals surface area contributed by atoms with Gasteiger partial charge in [-0.1, -0.05) is 51.0 Å². The van der Waals surface area contributed by atoms with Gasteiger partial charge in [0.1, 0.15) is 0 Å². The highest BCUT2D eigenvalue weighted by Crippen LogP contribution is 2.26.